The maximum atomic E-state index is 6.05. The summed E-state index contributed by atoms with van der Waals surface area (Å²) >= 11 is 6.05. The molecule has 7 heteroatoms. The number of ether oxygens (including phenoxy) is 2. The van der Waals surface area contributed by atoms with Crippen LogP contribution in [0.4, 0.5) is 0 Å². The Bertz CT molecular complexity index is 516. The van der Waals surface area contributed by atoms with Crippen LogP contribution in [0.1, 0.15) is 24.3 Å². The Labute approximate surface area is 166 Å². The fourth-order valence-electron chi connectivity index (χ4n) is 2.46. The average molecular weight is 468 g/mol. The zero-order chi connectivity index (χ0) is 16.5. The van der Waals surface area contributed by atoms with Crippen LogP contribution in [0.3, 0.4) is 0 Å². The minimum Gasteiger partial charge on any atom is -0.382 e. The Morgan fingerprint density at radius 1 is 1.33 bits per heavy atom. The van der Waals surface area contributed by atoms with Gasteiger partial charge in [-0.2, -0.15) is 0 Å². The Kier molecular flexibility index (Phi) is 10.6. The lowest BCUT2D eigenvalue weighted by molar-refractivity contribution is 0.0698. The molecule has 0 saturated heterocycles. The number of halogens is 2. The summed E-state index contributed by atoms with van der Waals surface area (Å²) in [5.41, 5.74) is 1.29. The lowest BCUT2D eigenvalue weighted by atomic mass is 10.1. The highest BCUT2D eigenvalue weighted by Crippen LogP contribution is 2.41. The van der Waals surface area contributed by atoms with Gasteiger partial charge in [0.25, 0.3) is 0 Å². The van der Waals surface area contributed by atoms with E-state index in [1.54, 1.807) is 14.2 Å². The molecule has 1 aliphatic rings. The molecule has 136 valence electrons. The van der Waals surface area contributed by atoms with Gasteiger partial charge in [0.05, 0.1) is 13.2 Å². The molecule has 2 atom stereocenters. The molecule has 1 saturated carbocycles. The summed E-state index contributed by atoms with van der Waals surface area (Å²) < 4.78 is 10.4. The molecule has 1 fully saturated rings. The SMILES string of the molecule is CN=C(NCCCOCCOC)NC1CC1c1cccc(Cl)c1.I. The van der Waals surface area contributed by atoms with Crippen molar-refractivity contribution in [2.45, 2.75) is 24.8 Å². The van der Waals surface area contributed by atoms with E-state index in [-0.39, 0.29) is 24.0 Å². The van der Waals surface area contributed by atoms with Gasteiger partial charge in [-0.25, -0.2) is 0 Å². The first kappa shape index (κ1) is 21.5. The number of rotatable bonds is 9. The van der Waals surface area contributed by atoms with E-state index in [1.807, 2.05) is 18.2 Å². The summed E-state index contributed by atoms with van der Waals surface area (Å²) in [5.74, 6) is 1.36. The second-order valence-corrected chi connectivity index (χ2v) is 6.04. The van der Waals surface area contributed by atoms with E-state index in [4.69, 9.17) is 21.1 Å². The molecule has 24 heavy (non-hydrogen) atoms. The number of hydrogen-bond acceptors (Lipinski definition) is 3. The molecule has 2 N–H and O–H groups in total. The molecule has 0 heterocycles. The van der Waals surface area contributed by atoms with Crippen molar-refractivity contribution in [2.75, 3.05) is 40.5 Å². The Balaban J connectivity index is 0.00000288. The highest BCUT2D eigenvalue weighted by Gasteiger charge is 2.39. The summed E-state index contributed by atoms with van der Waals surface area (Å²) in [4.78, 5) is 4.27. The topological polar surface area (TPSA) is 54.9 Å². The molecule has 0 amide bonds. The third kappa shape index (κ3) is 7.55. The number of methoxy groups -OCH3 is 1. The van der Waals surface area contributed by atoms with E-state index in [0.29, 0.717) is 25.2 Å². The predicted octanol–water partition coefficient (Wildman–Crippen LogP) is 3.03. The zero-order valence-electron chi connectivity index (χ0n) is 14.3. The van der Waals surface area contributed by atoms with Gasteiger partial charge in [-0.05, 0) is 30.5 Å². The minimum atomic E-state index is 0. The minimum absolute atomic E-state index is 0. The Morgan fingerprint density at radius 2 is 2.17 bits per heavy atom. The third-order valence-corrected chi connectivity index (χ3v) is 4.04. The van der Waals surface area contributed by atoms with Gasteiger partial charge < -0.3 is 20.1 Å². The lowest BCUT2D eigenvalue weighted by Crippen LogP contribution is -2.39. The first-order chi connectivity index (χ1) is 11.2. The molecule has 0 bridgehead atoms. The van der Waals surface area contributed by atoms with Gasteiger partial charge in [0.1, 0.15) is 0 Å². The van der Waals surface area contributed by atoms with Gasteiger partial charge >= 0.3 is 0 Å². The molecule has 0 aromatic heterocycles. The highest BCUT2D eigenvalue weighted by molar-refractivity contribution is 14.0. The third-order valence-electron chi connectivity index (χ3n) is 3.80. The van der Waals surface area contributed by atoms with Crippen molar-refractivity contribution in [1.82, 2.24) is 10.6 Å². The van der Waals surface area contributed by atoms with E-state index in [9.17, 15) is 0 Å². The van der Waals surface area contributed by atoms with Crippen molar-refractivity contribution in [2.24, 2.45) is 4.99 Å². The molecule has 0 spiro atoms. The van der Waals surface area contributed by atoms with Crippen LogP contribution in [0.5, 0.6) is 0 Å². The number of aliphatic imine (C=N–C) groups is 1. The smallest absolute Gasteiger partial charge is 0.191 e. The largest absolute Gasteiger partial charge is 0.382 e. The average Bonchev–Trinajstić information content (AvgIpc) is 3.32. The maximum absolute atomic E-state index is 6.05. The summed E-state index contributed by atoms with van der Waals surface area (Å²) in [6, 6.07) is 8.51. The predicted molar refractivity (Wildman–Crippen MR) is 110 cm³/mol. The molecule has 0 radical (unpaired) electrons. The number of nitrogens with zero attached hydrogens (tertiary/aromatic N) is 1. The van der Waals surface area contributed by atoms with Gasteiger partial charge in [-0.3, -0.25) is 4.99 Å². The second-order valence-electron chi connectivity index (χ2n) is 5.61. The molecule has 1 aromatic carbocycles. The second kappa shape index (κ2) is 11.9. The van der Waals surface area contributed by atoms with Crippen LogP contribution >= 0.6 is 35.6 Å². The summed E-state index contributed by atoms with van der Waals surface area (Å²) in [6.45, 7) is 2.85. The molecule has 1 aliphatic carbocycles. The van der Waals surface area contributed by atoms with E-state index in [2.05, 4.69) is 21.7 Å². The fraction of sp³-hybridized carbons (Fsp3) is 0.588. The molecular weight excluding hydrogens is 441 g/mol. The van der Waals surface area contributed by atoms with Crippen molar-refractivity contribution in [3.05, 3.63) is 34.9 Å². The molecule has 0 aliphatic heterocycles. The van der Waals surface area contributed by atoms with E-state index in [1.165, 1.54) is 5.56 Å². The number of hydrogen-bond donors (Lipinski definition) is 2. The molecule has 2 unspecified atom stereocenters. The Hall–Kier alpha value is -0.570. The van der Waals surface area contributed by atoms with Gasteiger partial charge in [0.2, 0.25) is 0 Å². The van der Waals surface area contributed by atoms with Crippen molar-refractivity contribution in [1.29, 1.82) is 0 Å². The number of nitrogens with one attached hydrogen (secondary N) is 2. The van der Waals surface area contributed by atoms with Crippen molar-refractivity contribution < 1.29 is 9.47 Å². The van der Waals surface area contributed by atoms with Crippen molar-refractivity contribution >= 4 is 41.5 Å². The quantitative estimate of drug-likeness (QED) is 0.254. The normalized spacial score (nSPS) is 19.5. The van der Waals surface area contributed by atoms with Crippen LogP contribution in [0.25, 0.3) is 0 Å². The van der Waals surface area contributed by atoms with Gasteiger partial charge in [-0.15, -0.1) is 24.0 Å². The molecule has 2 rings (SSSR count). The van der Waals surface area contributed by atoms with E-state index < -0.39 is 0 Å². The number of guanidine groups is 1. The van der Waals surface area contributed by atoms with Crippen molar-refractivity contribution in [3.8, 4) is 0 Å². The summed E-state index contributed by atoms with van der Waals surface area (Å²) in [5, 5.41) is 7.57. The van der Waals surface area contributed by atoms with Crippen LogP contribution in [0, 0.1) is 0 Å². The monoisotopic (exact) mass is 467 g/mol. The van der Waals surface area contributed by atoms with Crippen LogP contribution in [0.15, 0.2) is 29.3 Å². The molecule has 5 nitrogen and oxygen atoms in total. The summed E-state index contributed by atoms with van der Waals surface area (Å²) in [7, 11) is 3.47. The standard InChI is InChI=1S/C17H26ClN3O2.HI/c1-19-17(20-7-4-8-23-10-9-22-2)21-16-12-15(16)13-5-3-6-14(18)11-13;/h3,5-6,11,15-16H,4,7-10,12H2,1-2H3,(H2,19,20,21);1H. The van der Waals surface area contributed by atoms with Crippen LogP contribution in [-0.4, -0.2) is 52.5 Å². The molecular formula is C17H27ClIN3O2. The van der Waals surface area contributed by atoms with Gasteiger partial charge in [-0.1, -0.05) is 23.7 Å². The van der Waals surface area contributed by atoms with E-state index in [0.717, 1.165) is 37.0 Å². The first-order valence-electron chi connectivity index (χ1n) is 8.04. The first-order valence-corrected chi connectivity index (χ1v) is 8.41. The highest BCUT2D eigenvalue weighted by atomic mass is 127. The van der Waals surface area contributed by atoms with Crippen LogP contribution in [0.2, 0.25) is 5.02 Å². The van der Waals surface area contributed by atoms with E-state index >= 15 is 0 Å². The molecule has 1 aromatic rings. The van der Waals surface area contributed by atoms with Crippen LogP contribution in [-0.2, 0) is 9.47 Å². The maximum Gasteiger partial charge on any atom is 0.191 e. The van der Waals surface area contributed by atoms with Crippen LogP contribution < -0.4 is 10.6 Å². The van der Waals surface area contributed by atoms with Crippen molar-refractivity contribution in [3.63, 3.8) is 0 Å². The summed E-state index contributed by atoms with van der Waals surface area (Å²) in [6.07, 6.45) is 2.05. The van der Waals surface area contributed by atoms with Gasteiger partial charge in [0, 0.05) is 44.3 Å². The number of benzene rings is 1. The lowest BCUT2D eigenvalue weighted by Gasteiger charge is -2.12. The fourth-order valence-corrected chi connectivity index (χ4v) is 2.65. The van der Waals surface area contributed by atoms with Gasteiger partial charge in [0.15, 0.2) is 5.96 Å². The zero-order valence-corrected chi connectivity index (χ0v) is 17.3. The Morgan fingerprint density at radius 3 is 2.88 bits per heavy atom.